The summed E-state index contributed by atoms with van der Waals surface area (Å²) in [5.41, 5.74) is 4.97. The van der Waals surface area contributed by atoms with Gasteiger partial charge in [0.2, 0.25) is 11.7 Å². The number of anilines is 1. The maximum absolute atomic E-state index is 13.4. The van der Waals surface area contributed by atoms with Crippen molar-refractivity contribution in [1.29, 1.82) is 0 Å². The Hall–Kier alpha value is -2.77. The number of halogens is 1. The van der Waals surface area contributed by atoms with Crippen molar-refractivity contribution in [2.75, 3.05) is 5.73 Å². The Morgan fingerprint density at radius 2 is 2.15 bits per heavy atom. The van der Waals surface area contributed by atoms with E-state index in [2.05, 4.69) is 9.97 Å². The number of nitro groups is 1. The molecule has 1 aromatic carbocycles. The van der Waals surface area contributed by atoms with Crippen LogP contribution in [-0.4, -0.2) is 14.9 Å². The highest BCUT2D eigenvalue weighted by Crippen LogP contribution is 2.26. The van der Waals surface area contributed by atoms with Gasteiger partial charge in [-0.1, -0.05) is 6.92 Å². The van der Waals surface area contributed by atoms with E-state index >= 15 is 0 Å². The summed E-state index contributed by atoms with van der Waals surface area (Å²) in [6.45, 7) is 1.85. The van der Waals surface area contributed by atoms with Crippen LogP contribution in [0.4, 0.5) is 15.9 Å². The van der Waals surface area contributed by atoms with Gasteiger partial charge in [-0.3, -0.25) is 10.1 Å². The predicted octanol–water partition coefficient (Wildman–Crippen LogP) is 2.46. The maximum atomic E-state index is 13.4. The molecule has 0 radical (unpaired) electrons. The minimum Gasteiger partial charge on any atom is -0.439 e. The number of ether oxygens (including phenoxy) is 1. The van der Waals surface area contributed by atoms with Crippen LogP contribution >= 0.6 is 0 Å². The molecule has 0 spiro atoms. The molecule has 0 aliphatic carbocycles. The van der Waals surface area contributed by atoms with Crippen molar-refractivity contribution >= 4 is 11.5 Å². The molecular weight excluding hydrogens is 267 g/mol. The van der Waals surface area contributed by atoms with Gasteiger partial charge in [0.05, 0.1) is 4.92 Å². The molecule has 1 aromatic heterocycles. The number of rotatable bonds is 4. The first-order valence-electron chi connectivity index (χ1n) is 5.75. The van der Waals surface area contributed by atoms with Crippen molar-refractivity contribution in [3.05, 3.63) is 46.0 Å². The van der Waals surface area contributed by atoms with Gasteiger partial charge in [0.25, 0.3) is 0 Å². The average molecular weight is 278 g/mol. The predicted molar refractivity (Wildman–Crippen MR) is 69.0 cm³/mol. The first-order valence-corrected chi connectivity index (χ1v) is 5.75. The van der Waals surface area contributed by atoms with Crippen molar-refractivity contribution in [2.24, 2.45) is 0 Å². The van der Waals surface area contributed by atoms with Crippen molar-refractivity contribution in [2.45, 2.75) is 13.3 Å². The number of hydrogen-bond acceptors (Lipinski definition) is 6. The number of aryl methyl sites for hydroxylation is 1. The third kappa shape index (κ3) is 2.97. The quantitative estimate of drug-likeness (QED) is 0.680. The van der Waals surface area contributed by atoms with Gasteiger partial charge in [-0.25, -0.2) is 4.98 Å². The lowest BCUT2D eigenvalue weighted by Gasteiger charge is -2.06. The minimum absolute atomic E-state index is 0.0910. The average Bonchev–Trinajstić information content (AvgIpc) is 2.37. The van der Waals surface area contributed by atoms with Crippen molar-refractivity contribution < 1.29 is 14.1 Å². The maximum Gasteiger partial charge on any atom is 0.305 e. The van der Waals surface area contributed by atoms with Gasteiger partial charge >= 0.3 is 5.69 Å². The Bertz CT molecular complexity index is 663. The van der Waals surface area contributed by atoms with Crippen LogP contribution in [0, 0.1) is 15.9 Å². The van der Waals surface area contributed by atoms with Gasteiger partial charge in [-0.05, 0) is 6.07 Å². The topological polar surface area (TPSA) is 104 Å². The van der Waals surface area contributed by atoms with Crippen LogP contribution in [0.5, 0.6) is 11.6 Å². The second-order valence-electron chi connectivity index (χ2n) is 3.87. The van der Waals surface area contributed by atoms with Gasteiger partial charge < -0.3 is 10.5 Å². The largest absolute Gasteiger partial charge is 0.439 e. The van der Waals surface area contributed by atoms with Crippen LogP contribution in [0.15, 0.2) is 24.3 Å². The Morgan fingerprint density at radius 3 is 2.75 bits per heavy atom. The molecule has 0 unspecified atom stereocenters. The molecule has 20 heavy (non-hydrogen) atoms. The summed E-state index contributed by atoms with van der Waals surface area (Å²) in [7, 11) is 0. The molecule has 0 aliphatic rings. The summed E-state index contributed by atoms with van der Waals surface area (Å²) < 4.78 is 18.8. The zero-order valence-electron chi connectivity index (χ0n) is 10.5. The van der Waals surface area contributed by atoms with E-state index in [0.29, 0.717) is 12.2 Å². The number of nitrogens with two attached hydrogens (primary N) is 1. The van der Waals surface area contributed by atoms with Gasteiger partial charge in [0, 0.05) is 24.6 Å². The number of nitro benzene ring substituents is 1. The Labute approximate surface area is 113 Å². The Morgan fingerprint density at radius 1 is 1.40 bits per heavy atom. The minimum atomic E-state index is -0.981. The van der Waals surface area contributed by atoms with E-state index in [0.717, 1.165) is 12.1 Å². The number of nitrogen functional groups attached to an aromatic ring is 1. The lowest BCUT2D eigenvalue weighted by molar-refractivity contribution is -0.387. The Balaban J connectivity index is 2.28. The van der Waals surface area contributed by atoms with E-state index < -0.39 is 16.4 Å². The highest BCUT2D eigenvalue weighted by atomic mass is 19.1. The molecule has 1 heterocycles. The van der Waals surface area contributed by atoms with Crippen LogP contribution in [0.3, 0.4) is 0 Å². The standard InChI is InChI=1S/C12H11FN4O3/c1-2-11-15-10(14)6-12(16-11)20-7-3-4-9(17(18)19)8(13)5-7/h3-6H,2H2,1H3,(H2,14,15,16). The summed E-state index contributed by atoms with van der Waals surface area (Å²) >= 11 is 0. The van der Waals surface area contributed by atoms with Crippen molar-refractivity contribution in [3.8, 4) is 11.6 Å². The van der Waals surface area contributed by atoms with E-state index in [4.69, 9.17) is 10.5 Å². The van der Waals surface area contributed by atoms with Crippen LogP contribution < -0.4 is 10.5 Å². The van der Waals surface area contributed by atoms with Crippen LogP contribution in [0.1, 0.15) is 12.7 Å². The molecule has 0 saturated carbocycles. The second-order valence-corrected chi connectivity index (χ2v) is 3.87. The first kappa shape index (κ1) is 13.7. The molecule has 2 rings (SSSR count). The fourth-order valence-electron chi connectivity index (χ4n) is 1.52. The molecule has 0 amide bonds. The van der Waals surface area contributed by atoms with Crippen LogP contribution in [0.2, 0.25) is 0 Å². The lowest BCUT2D eigenvalue weighted by atomic mass is 10.3. The van der Waals surface area contributed by atoms with Gasteiger partial charge in [0.15, 0.2) is 0 Å². The van der Waals surface area contributed by atoms with Gasteiger partial charge in [-0.15, -0.1) is 0 Å². The zero-order chi connectivity index (χ0) is 14.7. The summed E-state index contributed by atoms with van der Waals surface area (Å²) in [6, 6.07) is 4.61. The normalized spacial score (nSPS) is 10.3. The van der Waals surface area contributed by atoms with E-state index in [1.165, 1.54) is 12.1 Å². The summed E-state index contributed by atoms with van der Waals surface area (Å²) in [5.74, 6) is -0.0160. The smallest absolute Gasteiger partial charge is 0.305 e. The van der Waals surface area contributed by atoms with Crippen molar-refractivity contribution in [1.82, 2.24) is 9.97 Å². The van der Waals surface area contributed by atoms with E-state index in [-0.39, 0.29) is 17.4 Å². The van der Waals surface area contributed by atoms with E-state index in [1.807, 2.05) is 6.92 Å². The first-order chi connectivity index (χ1) is 9.49. The SMILES string of the molecule is CCc1nc(N)cc(Oc2ccc([N+](=O)[O-])c(F)c2)n1. The molecular formula is C12H11FN4O3. The fraction of sp³-hybridized carbons (Fsp3) is 0.167. The fourth-order valence-corrected chi connectivity index (χ4v) is 1.52. The van der Waals surface area contributed by atoms with Crippen molar-refractivity contribution in [3.63, 3.8) is 0 Å². The lowest BCUT2D eigenvalue weighted by Crippen LogP contribution is -2.00. The third-order valence-electron chi connectivity index (χ3n) is 2.42. The van der Waals surface area contributed by atoms with Crippen LogP contribution in [0.25, 0.3) is 0 Å². The second kappa shape index (κ2) is 5.47. The molecule has 7 nitrogen and oxygen atoms in total. The number of benzene rings is 1. The number of hydrogen-bond donors (Lipinski definition) is 1. The molecule has 104 valence electrons. The van der Waals surface area contributed by atoms with E-state index in [1.54, 1.807) is 0 Å². The van der Waals surface area contributed by atoms with Gasteiger partial charge in [-0.2, -0.15) is 9.37 Å². The van der Waals surface area contributed by atoms with E-state index in [9.17, 15) is 14.5 Å². The summed E-state index contributed by atoms with van der Waals surface area (Å²) in [6.07, 6.45) is 0.565. The highest BCUT2D eigenvalue weighted by molar-refractivity contribution is 5.40. The molecule has 2 aromatic rings. The number of nitrogens with zero attached hydrogens (tertiary/aromatic N) is 3. The van der Waals surface area contributed by atoms with Crippen LogP contribution in [-0.2, 0) is 6.42 Å². The molecule has 0 fully saturated rings. The molecule has 0 atom stereocenters. The molecule has 0 saturated heterocycles. The molecule has 0 aliphatic heterocycles. The Kier molecular flexibility index (Phi) is 3.74. The monoisotopic (exact) mass is 278 g/mol. The molecule has 2 N–H and O–H groups in total. The molecule has 0 bridgehead atoms. The van der Waals surface area contributed by atoms with Gasteiger partial charge in [0.1, 0.15) is 17.4 Å². The molecule has 8 heteroatoms. The zero-order valence-corrected chi connectivity index (χ0v) is 10.5. The summed E-state index contributed by atoms with van der Waals surface area (Å²) in [4.78, 5) is 17.7. The third-order valence-corrected chi connectivity index (χ3v) is 2.42. The summed E-state index contributed by atoms with van der Waals surface area (Å²) in [5, 5.41) is 10.5. The highest BCUT2D eigenvalue weighted by Gasteiger charge is 2.15. The number of aromatic nitrogens is 2.